The molecular formula is C33H50O7. The van der Waals surface area contributed by atoms with Crippen LogP contribution < -0.4 is 0 Å². The number of ether oxygens (including phenoxy) is 3. The number of aliphatic hydroxyl groups excluding tert-OH is 1. The zero-order valence-electron chi connectivity index (χ0n) is 25.8. The molecule has 0 spiro atoms. The van der Waals surface area contributed by atoms with Crippen molar-refractivity contribution in [3.63, 3.8) is 0 Å². The van der Waals surface area contributed by atoms with Crippen molar-refractivity contribution >= 4 is 17.9 Å². The highest BCUT2D eigenvalue weighted by Crippen LogP contribution is 2.74. The fraction of sp³-hybridized carbons (Fsp3) is 0.848. The third-order valence-corrected chi connectivity index (χ3v) is 12.8. The molecule has 0 unspecified atom stereocenters. The monoisotopic (exact) mass is 558 g/mol. The van der Waals surface area contributed by atoms with Gasteiger partial charge in [-0.3, -0.25) is 9.59 Å². The van der Waals surface area contributed by atoms with Crippen molar-refractivity contribution in [1.82, 2.24) is 0 Å². The molecule has 7 heteroatoms. The van der Waals surface area contributed by atoms with Crippen molar-refractivity contribution in [1.29, 1.82) is 0 Å². The molecule has 0 saturated heterocycles. The average molecular weight is 559 g/mol. The molecule has 1 heterocycles. The van der Waals surface area contributed by atoms with Gasteiger partial charge in [0.1, 0.15) is 18.3 Å². The van der Waals surface area contributed by atoms with E-state index in [0.717, 1.165) is 56.1 Å². The topological polar surface area (TPSA) is 99.1 Å². The maximum Gasteiger partial charge on any atom is 0.335 e. The summed E-state index contributed by atoms with van der Waals surface area (Å²) in [4.78, 5) is 38.5. The van der Waals surface area contributed by atoms with Crippen molar-refractivity contribution in [3.05, 3.63) is 11.1 Å². The summed E-state index contributed by atoms with van der Waals surface area (Å²) >= 11 is 0. The second-order valence-corrected chi connectivity index (χ2v) is 14.9. The van der Waals surface area contributed by atoms with Gasteiger partial charge in [-0.1, -0.05) is 34.1 Å². The van der Waals surface area contributed by atoms with E-state index < -0.39 is 23.6 Å². The minimum atomic E-state index is -0.791. The first kappa shape index (κ1) is 29.6. The van der Waals surface area contributed by atoms with E-state index >= 15 is 0 Å². The lowest BCUT2D eigenvalue weighted by Gasteiger charge is -2.70. The van der Waals surface area contributed by atoms with Crippen LogP contribution in [-0.2, 0) is 28.6 Å². The summed E-state index contributed by atoms with van der Waals surface area (Å²) in [6.45, 7) is 16.4. The molecule has 224 valence electrons. The normalized spacial score (nSPS) is 45.7. The van der Waals surface area contributed by atoms with Crippen LogP contribution in [-0.4, -0.2) is 47.4 Å². The standard InChI is InChI=1S/C33H50O7/c1-18(34)16-27(36)40-26-17-25-31(6)14-9-13-30(5,20(3)39-21(4)35)23(31)12-15-32(25,7)24-11-10-22-19(2)38-29(37)28(22)33(24,26)8/h18-20,23-26,34H,9-17H2,1-8H3/t18-,19+,20-,23-,24-,25+,26-,30+,31-,32-,33+/m0/s1. The Hall–Kier alpha value is -1.89. The van der Waals surface area contributed by atoms with Crippen LogP contribution in [0, 0.1) is 39.4 Å². The van der Waals surface area contributed by atoms with Gasteiger partial charge in [0.05, 0.1) is 12.5 Å². The molecular weight excluding hydrogens is 508 g/mol. The fourth-order valence-electron chi connectivity index (χ4n) is 11.0. The fourth-order valence-corrected chi connectivity index (χ4v) is 11.0. The van der Waals surface area contributed by atoms with E-state index in [2.05, 4.69) is 34.6 Å². The highest BCUT2D eigenvalue weighted by Gasteiger charge is 2.70. The maximum atomic E-state index is 13.4. The Balaban J connectivity index is 1.59. The number of aliphatic hydroxyl groups is 1. The predicted molar refractivity (Wildman–Crippen MR) is 150 cm³/mol. The van der Waals surface area contributed by atoms with E-state index in [1.165, 1.54) is 6.92 Å². The Labute approximate surface area is 239 Å². The molecule has 3 saturated carbocycles. The number of esters is 3. The zero-order valence-corrected chi connectivity index (χ0v) is 25.8. The summed E-state index contributed by atoms with van der Waals surface area (Å²) in [5.41, 5.74) is 0.981. The second-order valence-electron chi connectivity index (χ2n) is 14.9. The van der Waals surface area contributed by atoms with E-state index in [1.807, 2.05) is 6.92 Å². The van der Waals surface area contributed by atoms with Gasteiger partial charge < -0.3 is 19.3 Å². The second kappa shape index (κ2) is 9.84. The Morgan fingerprint density at radius 1 is 1.02 bits per heavy atom. The van der Waals surface area contributed by atoms with Gasteiger partial charge in [0.25, 0.3) is 0 Å². The number of cyclic esters (lactones) is 1. The average Bonchev–Trinajstić information content (AvgIpc) is 3.13. The van der Waals surface area contributed by atoms with Crippen molar-refractivity contribution in [2.24, 2.45) is 39.4 Å². The first-order valence-corrected chi connectivity index (χ1v) is 15.6. The summed E-state index contributed by atoms with van der Waals surface area (Å²) < 4.78 is 17.9. The molecule has 0 aromatic carbocycles. The van der Waals surface area contributed by atoms with Gasteiger partial charge in [0.2, 0.25) is 0 Å². The molecule has 4 aliphatic carbocycles. The van der Waals surface area contributed by atoms with Crippen LogP contribution in [0.3, 0.4) is 0 Å². The maximum absolute atomic E-state index is 13.4. The molecule has 0 aromatic heterocycles. The van der Waals surface area contributed by atoms with E-state index in [0.29, 0.717) is 12.3 Å². The number of carbonyl (C=O) groups excluding carboxylic acids is 3. The van der Waals surface area contributed by atoms with Crippen LogP contribution >= 0.6 is 0 Å². The Bertz CT molecular complexity index is 1110. The first-order valence-electron chi connectivity index (χ1n) is 15.6. The smallest absolute Gasteiger partial charge is 0.335 e. The lowest BCUT2D eigenvalue weighted by molar-refractivity contribution is -0.237. The van der Waals surface area contributed by atoms with Crippen molar-refractivity contribution in [3.8, 4) is 0 Å². The Morgan fingerprint density at radius 3 is 2.35 bits per heavy atom. The van der Waals surface area contributed by atoms with Crippen LogP contribution in [0.25, 0.3) is 0 Å². The van der Waals surface area contributed by atoms with E-state index in [-0.39, 0.29) is 58.6 Å². The van der Waals surface area contributed by atoms with Crippen LogP contribution in [0.2, 0.25) is 0 Å². The molecule has 0 radical (unpaired) electrons. The van der Waals surface area contributed by atoms with Gasteiger partial charge in [-0.05, 0) is 99.9 Å². The number of fused-ring (bicyclic) bond motifs is 6. The van der Waals surface area contributed by atoms with E-state index in [9.17, 15) is 19.5 Å². The molecule has 40 heavy (non-hydrogen) atoms. The summed E-state index contributed by atoms with van der Waals surface area (Å²) in [5.74, 6) is -0.0870. The molecule has 0 bridgehead atoms. The van der Waals surface area contributed by atoms with Crippen LogP contribution in [0.15, 0.2) is 11.1 Å². The van der Waals surface area contributed by atoms with E-state index in [1.54, 1.807) is 6.92 Å². The lowest BCUT2D eigenvalue weighted by Crippen LogP contribution is -2.67. The quantitative estimate of drug-likeness (QED) is 0.331. The Morgan fingerprint density at radius 2 is 1.70 bits per heavy atom. The van der Waals surface area contributed by atoms with Crippen molar-refractivity contribution < 1.29 is 33.7 Å². The first-order chi connectivity index (χ1) is 18.6. The van der Waals surface area contributed by atoms with Crippen LogP contribution in [0.4, 0.5) is 0 Å². The largest absolute Gasteiger partial charge is 0.462 e. The number of hydrogen-bond donors (Lipinski definition) is 1. The summed E-state index contributed by atoms with van der Waals surface area (Å²) in [6.07, 6.45) is 5.97. The zero-order chi connectivity index (χ0) is 29.4. The van der Waals surface area contributed by atoms with Gasteiger partial charge in [-0.15, -0.1) is 0 Å². The SMILES string of the molecule is CC(=O)O[C@@H](C)[C@@]1(C)CCC[C@@]2(C)[C@H]1CC[C@]1(C)[C@@H]2C[C@H](OC(=O)C[C@H](C)O)[C@]2(C)C3=C(CC[C@@H]12)[C@@H](C)OC3=O. The third-order valence-electron chi connectivity index (χ3n) is 12.8. The molecule has 1 aliphatic heterocycles. The van der Waals surface area contributed by atoms with Gasteiger partial charge in [-0.25, -0.2) is 4.79 Å². The minimum absolute atomic E-state index is 0.0250. The molecule has 3 fully saturated rings. The predicted octanol–water partition coefficient (Wildman–Crippen LogP) is 5.91. The highest BCUT2D eigenvalue weighted by atomic mass is 16.6. The van der Waals surface area contributed by atoms with Gasteiger partial charge >= 0.3 is 17.9 Å². The summed E-state index contributed by atoms with van der Waals surface area (Å²) in [6, 6.07) is 0. The number of carbonyl (C=O) groups is 3. The van der Waals surface area contributed by atoms with Crippen LogP contribution in [0.5, 0.6) is 0 Å². The molecule has 1 N–H and O–H groups in total. The summed E-state index contributed by atoms with van der Waals surface area (Å²) in [5, 5.41) is 9.95. The minimum Gasteiger partial charge on any atom is -0.462 e. The van der Waals surface area contributed by atoms with E-state index in [4.69, 9.17) is 14.2 Å². The number of hydrogen-bond acceptors (Lipinski definition) is 7. The Kier molecular flexibility index (Phi) is 7.28. The molecule has 0 amide bonds. The highest BCUT2D eigenvalue weighted by molar-refractivity contribution is 5.94. The molecule has 5 rings (SSSR count). The van der Waals surface area contributed by atoms with Gasteiger partial charge in [0, 0.05) is 23.3 Å². The molecule has 7 nitrogen and oxygen atoms in total. The van der Waals surface area contributed by atoms with Crippen molar-refractivity contribution in [2.45, 2.75) is 138 Å². The molecule has 0 aromatic rings. The number of rotatable bonds is 5. The molecule has 11 atom stereocenters. The molecule has 5 aliphatic rings. The van der Waals surface area contributed by atoms with Gasteiger partial charge in [-0.2, -0.15) is 0 Å². The van der Waals surface area contributed by atoms with Crippen LogP contribution in [0.1, 0.15) is 113 Å². The lowest BCUT2D eigenvalue weighted by atomic mass is 9.34. The van der Waals surface area contributed by atoms with Gasteiger partial charge in [0.15, 0.2) is 0 Å². The summed E-state index contributed by atoms with van der Waals surface area (Å²) in [7, 11) is 0. The third kappa shape index (κ3) is 4.19. The van der Waals surface area contributed by atoms with Crippen molar-refractivity contribution in [2.75, 3.05) is 0 Å².